The van der Waals surface area contributed by atoms with Crippen molar-refractivity contribution in [2.75, 3.05) is 12.0 Å². The van der Waals surface area contributed by atoms with Crippen molar-refractivity contribution in [2.24, 2.45) is 5.10 Å². The van der Waals surface area contributed by atoms with Crippen molar-refractivity contribution in [1.29, 1.82) is 0 Å². The maximum Gasteiger partial charge on any atom is 0.177 e. The number of benzene rings is 2. The Morgan fingerprint density at radius 2 is 1.94 bits per heavy atom. The van der Waals surface area contributed by atoms with Crippen LogP contribution < -0.4 is 10.2 Å². The molecule has 180 valence electrons. The van der Waals surface area contributed by atoms with E-state index in [4.69, 9.17) is 9.47 Å². The molecule has 0 radical (unpaired) electrons. The lowest BCUT2D eigenvalue weighted by Crippen LogP contribution is -2.24. The minimum atomic E-state index is -0.758. The molecule has 10 nitrogen and oxygen atoms in total. The third kappa shape index (κ3) is 5.11. The van der Waals surface area contributed by atoms with Gasteiger partial charge in [-0.1, -0.05) is 12.1 Å². The second-order valence-electron chi connectivity index (χ2n) is 8.02. The van der Waals surface area contributed by atoms with Gasteiger partial charge in [0.15, 0.2) is 17.0 Å². The van der Waals surface area contributed by atoms with Gasteiger partial charge in [0.25, 0.3) is 0 Å². The van der Waals surface area contributed by atoms with Gasteiger partial charge in [0.05, 0.1) is 25.3 Å². The summed E-state index contributed by atoms with van der Waals surface area (Å²) < 4.78 is 26.1. The number of hydrazone groups is 1. The van der Waals surface area contributed by atoms with Crippen LogP contribution in [0.15, 0.2) is 66.3 Å². The number of halogens is 1. The first-order chi connectivity index (χ1) is 17.1. The van der Waals surface area contributed by atoms with E-state index in [2.05, 4.69) is 25.5 Å². The molecule has 0 saturated carbocycles. The topological polar surface area (TPSA) is 127 Å². The number of aliphatic hydroxyl groups excluding tert-OH is 2. The first-order valence-corrected chi connectivity index (χ1v) is 11.0. The Hall–Kier alpha value is -3.93. The molecule has 3 N–H and O–H groups in total. The van der Waals surface area contributed by atoms with Gasteiger partial charge in [-0.3, -0.25) is 9.99 Å². The van der Waals surface area contributed by atoms with E-state index >= 15 is 0 Å². The third-order valence-corrected chi connectivity index (χ3v) is 5.64. The summed E-state index contributed by atoms with van der Waals surface area (Å²) >= 11 is 0. The van der Waals surface area contributed by atoms with Gasteiger partial charge in [-0.2, -0.15) is 5.10 Å². The van der Waals surface area contributed by atoms with Gasteiger partial charge in [0.2, 0.25) is 0 Å². The third-order valence-electron chi connectivity index (χ3n) is 5.64. The van der Waals surface area contributed by atoms with Crippen molar-refractivity contribution in [2.45, 2.75) is 31.5 Å². The molecule has 0 unspecified atom stereocenters. The number of rotatable bonds is 8. The summed E-state index contributed by atoms with van der Waals surface area (Å²) in [6, 6.07) is 13.5. The molecule has 5 rings (SSSR count). The summed E-state index contributed by atoms with van der Waals surface area (Å²) in [7, 11) is 0. The van der Waals surface area contributed by atoms with Crippen LogP contribution in [0.1, 0.15) is 23.8 Å². The van der Waals surface area contributed by atoms with E-state index in [9.17, 15) is 14.6 Å². The maximum absolute atomic E-state index is 13.0. The Morgan fingerprint density at radius 1 is 1.14 bits per heavy atom. The fourth-order valence-electron chi connectivity index (χ4n) is 3.76. The Balaban J connectivity index is 1.21. The smallest absolute Gasteiger partial charge is 0.177 e. The van der Waals surface area contributed by atoms with Gasteiger partial charge >= 0.3 is 0 Å². The zero-order chi connectivity index (χ0) is 24.2. The highest BCUT2D eigenvalue weighted by Crippen LogP contribution is 2.31. The summed E-state index contributed by atoms with van der Waals surface area (Å²) in [5.41, 5.74) is 5.63. The molecule has 3 atom stereocenters. The zero-order valence-electron chi connectivity index (χ0n) is 18.5. The van der Waals surface area contributed by atoms with Gasteiger partial charge < -0.3 is 19.7 Å². The fourth-order valence-corrected chi connectivity index (χ4v) is 3.76. The van der Waals surface area contributed by atoms with Crippen LogP contribution in [0.25, 0.3) is 11.2 Å². The molecule has 35 heavy (non-hydrogen) atoms. The second-order valence-corrected chi connectivity index (χ2v) is 8.02. The number of hydrogen-bond donors (Lipinski definition) is 3. The van der Waals surface area contributed by atoms with Crippen molar-refractivity contribution in [1.82, 2.24) is 19.5 Å². The van der Waals surface area contributed by atoms with Crippen LogP contribution in [0, 0.1) is 5.82 Å². The van der Waals surface area contributed by atoms with Gasteiger partial charge in [-0.15, -0.1) is 0 Å². The Kier molecular flexibility index (Phi) is 6.62. The molecular formula is C24H23FN6O4. The van der Waals surface area contributed by atoms with Gasteiger partial charge in [0, 0.05) is 6.42 Å². The largest absolute Gasteiger partial charge is 0.489 e. The highest BCUT2D eigenvalue weighted by atomic mass is 19.1. The van der Waals surface area contributed by atoms with Gasteiger partial charge in [0.1, 0.15) is 36.8 Å². The van der Waals surface area contributed by atoms with Crippen LogP contribution in [0.4, 0.5) is 10.2 Å². The lowest BCUT2D eigenvalue weighted by molar-refractivity contribution is -0.0432. The highest BCUT2D eigenvalue weighted by Gasteiger charge is 2.35. The Morgan fingerprint density at radius 3 is 2.69 bits per heavy atom. The first-order valence-electron chi connectivity index (χ1n) is 11.0. The average molecular weight is 478 g/mol. The number of nitrogens with one attached hydrogen (secondary N) is 1. The molecule has 1 fully saturated rings. The van der Waals surface area contributed by atoms with Gasteiger partial charge in [-0.25, -0.2) is 19.3 Å². The molecule has 2 aromatic carbocycles. The van der Waals surface area contributed by atoms with Crippen LogP contribution in [0.2, 0.25) is 0 Å². The van der Waals surface area contributed by atoms with Crippen molar-refractivity contribution >= 4 is 23.2 Å². The molecule has 0 amide bonds. The van der Waals surface area contributed by atoms with E-state index in [0.29, 0.717) is 35.8 Å². The molecule has 1 aliphatic rings. The van der Waals surface area contributed by atoms with E-state index in [1.165, 1.54) is 18.5 Å². The molecule has 3 heterocycles. The number of imidazole rings is 1. The number of aliphatic hydroxyl groups is 2. The SMILES string of the molecule is OC[C@H]1O[C@@H](n2cnc3c(N/N=C/c4ccc(OCc5ccc(F)cc5)cc4)ncnc32)C[C@H]1O. The van der Waals surface area contributed by atoms with Crippen molar-refractivity contribution in [3.63, 3.8) is 0 Å². The fraction of sp³-hybridized carbons (Fsp3) is 0.250. The van der Waals surface area contributed by atoms with Crippen LogP contribution >= 0.6 is 0 Å². The average Bonchev–Trinajstić information content (AvgIpc) is 3.48. The Bertz CT molecular complexity index is 1310. The quantitative estimate of drug-likeness (QED) is 0.261. The molecule has 11 heteroatoms. The highest BCUT2D eigenvalue weighted by molar-refractivity contribution is 5.84. The van der Waals surface area contributed by atoms with Crippen molar-refractivity contribution in [3.05, 3.63) is 78.1 Å². The van der Waals surface area contributed by atoms with Crippen LogP contribution in [0.3, 0.4) is 0 Å². The predicted octanol–water partition coefficient (Wildman–Crippen LogP) is 2.63. The molecule has 2 aromatic heterocycles. The van der Waals surface area contributed by atoms with Gasteiger partial charge in [-0.05, 0) is 47.5 Å². The standard InChI is InChI=1S/C24H23FN6O4/c25-17-5-1-16(2-6-17)12-34-18-7-3-15(4-8-18)10-29-30-23-22-24(27-13-26-23)31(14-28-22)21-9-19(33)20(11-32)35-21/h1-8,10,13-14,19-21,32-33H,9,11-12H2,(H,26,27,30)/b29-10+/t19-,20-,21-/m1/s1. The van der Waals surface area contributed by atoms with E-state index in [1.807, 2.05) is 24.3 Å². The number of anilines is 1. The molecule has 0 aliphatic carbocycles. The monoisotopic (exact) mass is 478 g/mol. The molecule has 0 spiro atoms. The number of nitrogens with zero attached hydrogens (tertiary/aromatic N) is 5. The summed E-state index contributed by atoms with van der Waals surface area (Å²) in [6.07, 6.45) is 3.04. The predicted molar refractivity (Wildman–Crippen MR) is 125 cm³/mol. The Labute approximate surface area is 199 Å². The van der Waals surface area contributed by atoms with Crippen molar-refractivity contribution < 1.29 is 24.1 Å². The van der Waals surface area contributed by atoms with Crippen LogP contribution in [-0.2, 0) is 11.3 Å². The van der Waals surface area contributed by atoms with E-state index < -0.39 is 18.4 Å². The molecule has 1 saturated heterocycles. The molecule has 0 bridgehead atoms. The number of hydrogen-bond acceptors (Lipinski definition) is 9. The lowest BCUT2D eigenvalue weighted by Gasteiger charge is -2.13. The number of fused-ring (bicyclic) bond motifs is 1. The van der Waals surface area contributed by atoms with Crippen LogP contribution in [-0.4, -0.2) is 54.8 Å². The lowest BCUT2D eigenvalue weighted by atomic mass is 10.2. The summed E-state index contributed by atoms with van der Waals surface area (Å²) in [6.45, 7) is 0.0826. The van der Waals surface area contributed by atoms with E-state index in [-0.39, 0.29) is 12.4 Å². The molecular weight excluding hydrogens is 455 g/mol. The normalized spacial score (nSPS) is 20.0. The van der Waals surface area contributed by atoms with Crippen molar-refractivity contribution in [3.8, 4) is 5.75 Å². The summed E-state index contributed by atoms with van der Waals surface area (Å²) in [5.74, 6) is 0.826. The second kappa shape index (κ2) is 10.1. The minimum absolute atomic E-state index is 0.262. The maximum atomic E-state index is 13.0. The van der Waals surface area contributed by atoms with E-state index in [0.717, 1.165) is 11.1 Å². The molecule has 4 aromatic rings. The summed E-state index contributed by atoms with van der Waals surface area (Å²) in [5, 5.41) is 23.6. The number of aromatic nitrogens is 4. The first kappa shape index (κ1) is 22.8. The van der Waals surface area contributed by atoms with E-state index in [1.54, 1.807) is 29.2 Å². The van der Waals surface area contributed by atoms with Crippen LogP contribution in [0.5, 0.6) is 5.75 Å². The molecule has 1 aliphatic heterocycles. The summed E-state index contributed by atoms with van der Waals surface area (Å²) in [4.78, 5) is 12.9. The minimum Gasteiger partial charge on any atom is -0.489 e. The zero-order valence-corrected chi connectivity index (χ0v) is 18.5. The number of ether oxygens (including phenoxy) is 2.